The van der Waals surface area contributed by atoms with Crippen molar-refractivity contribution in [2.75, 3.05) is 6.61 Å². The number of carbonyl (C=O) groups excluding carboxylic acids is 1. The van der Waals surface area contributed by atoms with Crippen LogP contribution in [-0.4, -0.2) is 57.3 Å². The van der Waals surface area contributed by atoms with E-state index >= 15 is 0 Å². The molecule has 288 valence electrons. The fourth-order valence-electron chi connectivity index (χ4n) is 6.16. The molecule has 0 aliphatic rings. The lowest BCUT2D eigenvalue weighted by molar-refractivity contribution is -0.132. The van der Waals surface area contributed by atoms with Gasteiger partial charge in [0.15, 0.2) is 0 Å². The molecule has 0 aliphatic carbocycles. The van der Waals surface area contributed by atoms with Gasteiger partial charge in [-0.15, -0.1) is 0 Å². The lowest BCUT2D eigenvalue weighted by Gasteiger charge is -2.27. The van der Waals surface area contributed by atoms with E-state index in [2.05, 4.69) is 55.6 Å². The molecule has 0 saturated heterocycles. The molecule has 6 nitrogen and oxygen atoms in total. The van der Waals surface area contributed by atoms with Gasteiger partial charge >= 0.3 is 0 Å². The lowest BCUT2D eigenvalue weighted by atomic mass is 10.00. The highest BCUT2D eigenvalue weighted by atomic mass is 16.3. The molecule has 0 saturated carbocycles. The molecule has 49 heavy (non-hydrogen) atoms. The van der Waals surface area contributed by atoms with Gasteiger partial charge in [-0.3, -0.25) is 4.79 Å². The van der Waals surface area contributed by atoms with Crippen LogP contribution in [0.1, 0.15) is 200 Å². The number of aliphatic hydroxyl groups excluding tert-OH is 4. The highest BCUT2D eigenvalue weighted by Gasteiger charge is 2.28. The number of hydrogen-bond donors (Lipinski definition) is 5. The van der Waals surface area contributed by atoms with Crippen molar-refractivity contribution in [3.05, 3.63) is 36.5 Å². The molecule has 0 radical (unpaired) electrons. The Kier molecular flexibility index (Phi) is 36.6. The van der Waals surface area contributed by atoms with Crippen LogP contribution in [0.15, 0.2) is 36.5 Å². The Morgan fingerprint density at radius 3 is 1.35 bits per heavy atom. The zero-order valence-electron chi connectivity index (χ0n) is 32.2. The summed E-state index contributed by atoms with van der Waals surface area (Å²) in [6.45, 7) is 3.97. The van der Waals surface area contributed by atoms with Gasteiger partial charge in [0.25, 0.3) is 0 Å². The zero-order valence-corrected chi connectivity index (χ0v) is 32.2. The van der Waals surface area contributed by atoms with Gasteiger partial charge in [-0.2, -0.15) is 0 Å². The second kappa shape index (κ2) is 37.8. The van der Waals surface area contributed by atoms with Crippen molar-refractivity contribution in [2.24, 2.45) is 0 Å². The maximum absolute atomic E-state index is 12.5. The van der Waals surface area contributed by atoms with E-state index in [1.165, 1.54) is 109 Å². The smallest absolute Gasteiger partial charge is 0.249 e. The number of allylic oxidation sites excluding steroid dienone is 6. The average Bonchev–Trinajstić information content (AvgIpc) is 3.11. The second-order valence-electron chi connectivity index (χ2n) is 14.3. The first-order valence-electron chi connectivity index (χ1n) is 20.9. The van der Waals surface area contributed by atoms with Gasteiger partial charge in [-0.1, -0.05) is 166 Å². The predicted octanol–water partition coefficient (Wildman–Crippen LogP) is 10.6. The van der Waals surface area contributed by atoms with Gasteiger partial charge in [-0.05, 0) is 70.6 Å². The maximum Gasteiger partial charge on any atom is 0.249 e. The molecule has 4 atom stereocenters. The normalized spacial score (nSPS) is 14.7. The van der Waals surface area contributed by atoms with E-state index in [1.807, 2.05) is 0 Å². The molecule has 1 amide bonds. The largest absolute Gasteiger partial charge is 0.394 e. The summed E-state index contributed by atoms with van der Waals surface area (Å²) in [5.74, 6) is -0.604. The minimum absolute atomic E-state index is 0.353. The van der Waals surface area contributed by atoms with Crippen LogP contribution in [0.3, 0.4) is 0 Å². The monoisotopic (exact) mass is 692 g/mol. The molecule has 0 fully saturated rings. The summed E-state index contributed by atoms with van der Waals surface area (Å²) in [7, 11) is 0. The van der Waals surface area contributed by atoms with Crippen LogP contribution in [0.25, 0.3) is 0 Å². The summed E-state index contributed by atoms with van der Waals surface area (Å²) in [6.07, 6.45) is 43.2. The zero-order chi connectivity index (χ0) is 36.0. The molecule has 0 rings (SSSR count). The van der Waals surface area contributed by atoms with Crippen LogP contribution in [0.2, 0.25) is 0 Å². The number of nitrogens with one attached hydrogen (secondary N) is 1. The molecule has 0 heterocycles. The average molecular weight is 692 g/mol. The Labute approximate surface area is 303 Å². The van der Waals surface area contributed by atoms with Gasteiger partial charge in [0.2, 0.25) is 5.91 Å². The van der Waals surface area contributed by atoms with Crippen molar-refractivity contribution in [2.45, 2.75) is 224 Å². The first kappa shape index (κ1) is 47.5. The minimum Gasteiger partial charge on any atom is -0.394 e. The SMILES string of the molecule is CCCC/C=C/CC/C=C/CCCC(O)C(O)C(CO)NC(=O)C(O)CCCCCCCC/C=C\CCCCCCCCCCCCCC. The third kappa shape index (κ3) is 32.2. The number of amides is 1. The second-order valence-corrected chi connectivity index (χ2v) is 14.3. The highest BCUT2D eigenvalue weighted by molar-refractivity contribution is 5.80. The Morgan fingerprint density at radius 1 is 0.490 bits per heavy atom. The van der Waals surface area contributed by atoms with Crippen LogP contribution >= 0.6 is 0 Å². The first-order valence-corrected chi connectivity index (χ1v) is 20.9. The molecule has 0 bridgehead atoms. The van der Waals surface area contributed by atoms with Gasteiger partial charge in [-0.25, -0.2) is 0 Å². The van der Waals surface area contributed by atoms with E-state index in [1.54, 1.807) is 0 Å². The molecule has 4 unspecified atom stereocenters. The summed E-state index contributed by atoms with van der Waals surface area (Å²) >= 11 is 0. The summed E-state index contributed by atoms with van der Waals surface area (Å²) in [5.41, 5.74) is 0. The molecule has 0 aromatic rings. The molecule has 0 aromatic heterocycles. The van der Waals surface area contributed by atoms with E-state index < -0.39 is 36.9 Å². The third-order valence-electron chi connectivity index (χ3n) is 9.55. The molecule has 0 aliphatic heterocycles. The molecular formula is C43H81NO5. The van der Waals surface area contributed by atoms with Crippen LogP contribution in [0.4, 0.5) is 0 Å². The van der Waals surface area contributed by atoms with Crippen LogP contribution in [-0.2, 0) is 4.79 Å². The van der Waals surface area contributed by atoms with E-state index in [4.69, 9.17) is 0 Å². The summed E-state index contributed by atoms with van der Waals surface area (Å²) in [4.78, 5) is 12.5. The standard InChI is InChI=1S/C43H81NO5/c1-3-5-7-9-11-13-15-16-17-18-19-20-21-22-23-24-25-27-29-31-33-35-37-41(47)43(49)44-39(38-45)42(48)40(46)36-34-32-30-28-26-14-12-10-8-6-4-2/h10,12,22-23,28,30,39-42,45-48H,3-9,11,13-21,24-27,29,31-38H2,1-2H3,(H,44,49)/b12-10+,23-22-,30-28+. The van der Waals surface area contributed by atoms with Crippen LogP contribution in [0, 0.1) is 0 Å². The first-order chi connectivity index (χ1) is 24.0. The fraction of sp³-hybridized carbons (Fsp3) is 0.837. The molecular weight excluding hydrogens is 610 g/mol. The van der Waals surface area contributed by atoms with Gasteiger partial charge in [0.05, 0.1) is 18.8 Å². The van der Waals surface area contributed by atoms with Gasteiger partial charge in [0.1, 0.15) is 12.2 Å². The number of hydrogen-bond acceptors (Lipinski definition) is 5. The number of unbranched alkanes of at least 4 members (excludes halogenated alkanes) is 22. The molecule has 6 heteroatoms. The Balaban J connectivity index is 3.76. The van der Waals surface area contributed by atoms with Crippen molar-refractivity contribution >= 4 is 5.91 Å². The number of aliphatic hydroxyl groups is 4. The van der Waals surface area contributed by atoms with Crippen molar-refractivity contribution in [1.29, 1.82) is 0 Å². The topological polar surface area (TPSA) is 110 Å². The van der Waals surface area contributed by atoms with Crippen molar-refractivity contribution in [1.82, 2.24) is 5.32 Å². The van der Waals surface area contributed by atoms with E-state index in [0.717, 1.165) is 57.8 Å². The lowest BCUT2D eigenvalue weighted by Crippen LogP contribution is -2.53. The van der Waals surface area contributed by atoms with Gasteiger partial charge < -0.3 is 25.7 Å². The number of carbonyl (C=O) groups is 1. The van der Waals surface area contributed by atoms with E-state index in [0.29, 0.717) is 19.3 Å². The van der Waals surface area contributed by atoms with E-state index in [-0.39, 0.29) is 0 Å². The van der Waals surface area contributed by atoms with Crippen LogP contribution < -0.4 is 5.32 Å². The molecule has 0 spiro atoms. The number of rotatable bonds is 37. The van der Waals surface area contributed by atoms with Crippen molar-refractivity contribution < 1.29 is 25.2 Å². The Morgan fingerprint density at radius 2 is 0.878 bits per heavy atom. The predicted molar refractivity (Wildman–Crippen MR) is 210 cm³/mol. The van der Waals surface area contributed by atoms with Gasteiger partial charge in [0, 0.05) is 0 Å². The highest BCUT2D eigenvalue weighted by Crippen LogP contribution is 2.15. The summed E-state index contributed by atoms with van der Waals surface area (Å²) in [5, 5.41) is 43.4. The summed E-state index contributed by atoms with van der Waals surface area (Å²) < 4.78 is 0. The Bertz CT molecular complexity index is 782. The van der Waals surface area contributed by atoms with E-state index in [9.17, 15) is 25.2 Å². The third-order valence-corrected chi connectivity index (χ3v) is 9.55. The summed E-state index contributed by atoms with van der Waals surface area (Å²) in [6, 6.07) is -1.01. The van der Waals surface area contributed by atoms with Crippen molar-refractivity contribution in [3.8, 4) is 0 Å². The van der Waals surface area contributed by atoms with Crippen molar-refractivity contribution in [3.63, 3.8) is 0 Å². The molecule has 5 N–H and O–H groups in total. The quantitative estimate of drug-likeness (QED) is 0.0329. The van der Waals surface area contributed by atoms with Crippen LogP contribution in [0.5, 0.6) is 0 Å². The Hall–Kier alpha value is -1.47. The minimum atomic E-state index is -1.29. The fourth-order valence-corrected chi connectivity index (χ4v) is 6.16. The maximum atomic E-state index is 12.5. The molecule has 0 aromatic carbocycles.